The van der Waals surface area contributed by atoms with Crippen LogP contribution in [0.2, 0.25) is 0 Å². The van der Waals surface area contributed by atoms with Crippen molar-refractivity contribution in [2.24, 2.45) is 0 Å². The summed E-state index contributed by atoms with van der Waals surface area (Å²) in [6, 6.07) is 5.95. The Labute approximate surface area is 95.8 Å². The smallest absolute Gasteiger partial charge is 0.157 e. The zero-order chi connectivity index (χ0) is 11.4. The predicted molar refractivity (Wildman–Crippen MR) is 62.9 cm³/mol. The van der Waals surface area contributed by atoms with Crippen LogP contribution in [0.5, 0.6) is 0 Å². The summed E-state index contributed by atoms with van der Waals surface area (Å²) in [5.74, 6) is 0.250. The Morgan fingerprint density at radius 2 is 2.25 bits per heavy atom. The zero-order valence-corrected chi connectivity index (χ0v) is 9.52. The molecule has 84 valence electrons. The summed E-state index contributed by atoms with van der Waals surface area (Å²) in [5.41, 5.74) is 2.25. The second-order valence-corrected chi connectivity index (χ2v) is 4.09. The number of rotatable bonds is 4. The van der Waals surface area contributed by atoms with Gasteiger partial charge in [0.15, 0.2) is 5.78 Å². The fraction of sp³-hybridized carbons (Fsp3) is 0.385. The molecular weight excluding hydrogens is 200 g/mol. The van der Waals surface area contributed by atoms with Crippen LogP contribution in [-0.2, 0) is 11.2 Å². The molecule has 0 atom stereocenters. The number of hydrogen-bond acceptors (Lipinski definition) is 3. The third-order valence-electron chi connectivity index (χ3n) is 2.87. The summed E-state index contributed by atoms with van der Waals surface area (Å²) in [7, 11) is 2.04. The lowest BCUT2D eigenvalue weighted by atomic mass is 10.2. The average molecular weight is 216 g/mol. The molecule has 0 N–H and O–H groups in total. The molecule has 1 heterocycles. The Morgan fingerprint density at radius 1 is 1.38 bits per heavy atom. The number of pyridine rings is 1. The molecule has 0 amide bonds. The van der Waals surface area contributed by atoms with E-state index in [4.69, 9.17) is 0 Å². The van der Waals surface area contributed by atoms with Crippen LogP contribution in [0.15, 0.2) is 36.2 Å². The molecule has 0 bridgehead atoms. The van der Waals surface area contributed by atoms with Gasteiger partial charge in [-0.1, -0.05) is 6.07 Å². The molecule has 2 rings (SSSR count). The predicted octanol–water partition coefficient (Wildman–Crippen LogP) is 1.80. The van der Waals surface area contributed by atoms with E-state index in [1.165, 1.54) is 0 Å². The van der Waals surface area contributed by atoms with Crippen molar-refractivity contribution in [3.8, 4) is 0 Å². The van der Waals surface area contributed by atoms with Crippen molar-refractivity contribution in [1.29, 1.82) is 0 Å². The topological polar surface area (TPSA) is 33.2 Å². The molecule has 0 saturated heterocycles. The van der Waals surface area contributed by atoms with E-state index < -0.39 is 0 Å². The van der Waals surface area contributed by atoms with E-state index >= 15 is 0 Å². The second-order valence-electron chi connectivity index (χ2n) is 4.09. The van der Waals surface area contributed by atoms with Crippen LogP contribution in [-0.4, -0.2) is 29.3 Å². The Kier molecular flexibility index (Phi) is 3.34. The van der Waals surface area contributed by atoms with E-state index in [0.29, 0.717) is 6.42 Å². The molecule has 0 saturated carbocycles. The minimum atomic E-state index is 0.250. The van der Waals surface area contributed by atoms with E-state index in [-0.39, 0.29) is 5.78 Å². The largest absolute Gasteiger partial charge is 0.377 e. The summed E-state index contributed by atoms with van der Waals surface area (Å²) in [6.07, 6.45) is 6.05. The molecule has 0 aliphatic heterocycles. The second kappa shape index (κ2) is 4.92. The SMILES string of the molecule is CN(CCc1ccccn1)C1=CC(=O)CC1. The summed E-state index contributed by atoms with van der Waals surface area (Å²) in [4.78, 5) is 17.5. The molecule has 3 nitrogen and oxygen atoms in total. The monoisotopic (exact) mass is 216 g/mol. The molecule has 3 heteroatoms. The maximum Gasteiger partial charge on any atom is 0.157 e. The normalized spacial score (nSPS) is 15.1. The van der Waals surface area contributed by atoms with Crippen LogP contribution >= 0.6 is 0 Å². The first kappa shape index (κ1) is 10.9. The highest BCUT2D eigenvalue weighted by Gasteiger charge is 2.14. The third-order valence-corrected chi connectivity index (χ3v) is 2.87. The van der Waals surface area contributed by atoms with Gasteiger partial charge in [0, 0.05) is 50.1 Å². The van der Waals surface area contributed by atoms with Gasteiger partial charge in [0.05, 0.1) is 0 Å². The number of nitrogens with zero attached hydrogens (tertiary/aromatic N) is 2. The lowest BCUT2D eigenvalue weighted by Gasteiger charge is -2.19. The van der Waals surface area contributed by atoms with Crippen molar-refractivity contribution in [2.75, 3.05) is 13.6 Å². The van der Waals surface area contributed by atoms with Gasteiger partial charge in [-0.15, -0.1) is 0 Å². The van der Waals surface area contributed by atoms with E-state index in [0.717, 1.165) is 30.8 Å². The van der Waals surface area contributed by atoms with E-state index in [1.807, 2.05) is 31.4 Å². The third kappa shape index (κ3) is 2.69. The first-order chi connectivity index (χ1) is 7.75. The molecule has 1 aliphatic rings. The van der Waals surface area contributed by atoms with Crippen LogP contribution in [0.4, 0.5) is 0 Å². The lowest BCUT2D eigenvalue weighted by Crippen LogP contribution is -2.20. The number of allylic oxidation sites excluding steroid dienone is 2. The van der Waals surface area contributed by atoms with Crippen molar-refractivity contribution in [3.05, 3.63) is 41.9 Å². The van der Waals surface area contributed by atoms with E-state index in [2.05, 4.69) is 9.88 Å². The first-order valence-electron chi connectivity index (χ1n) is 5.60. The van der Waals surface area contributed by atoms with Gasteiger partial charge < -0.3 is 4.90 Å². The highest BCUT2D eigenvalue weighted by molar-refractivity contribution is 5.92. The van der Waals surface area contributed by atoms with Crippen LogP contribution in [0.25, 0.3) is 0 Å². The molecule has 0 radical (unpaired) electrons. The van der Waals surface area contributed by atoms with Crippen LogP contribution < -0.4 is 0 Å². The Hall–Kier alpha value is -1.64. The summed E-state index contributed by atoms with van der Waals surface area (Å²) in [6.45, 7) is 0.913. The van der Waals surface area contributed by atoms with E-state index in [9.17, 15) is 4.79 Å². The maximum absolute atomic E-state index is 11.1. The molecule has 0 aromatic carbocycles. The number of hydrogen-bond donors (Lipinski definition) is 0. The molecule has 1 aromatic rings. The van der Waals surface area contributed by atoms with Gasteiger partial charge in [0.2, 0.25) is 0 Å². The highest BCUT2D eigenvalue weighted by atomic mass is 16.1. The minimum absolute atomic E-state index is 0.250. The number of likely N-dealkylation sites (N-methyl/N-ethyl adjacent to an activating group) is 1. The van der Waals surface area contributed by atoms with Gasteiger partial charge in [0.1, 0.15) is 0 Å². The lowest BCUT2D eigenvalue weighted by molar-refractivity contribution is -0.114. The van der Waals surface area contributed by atoms with Crippen molar-refractivity contribution in [3.63, 3.8) is 0 Å². The van der Waals surface area contributed by atoms with Gasteiger partial charge in [-0.25, -0.2) is 0 Å². The number of aromatic nitrogens is 1. The number of carbonyl (C=O) groups excluding carboxylic acids is 1. The molecule has 1 aromatic heterocycles. The molecule has 0 spiro atoms. The maximum atomic E-state index is 11.1. The summed E-state index contributed by atoms with van der Waals surface area (Å²) >= 11 is 0. The Balaban J connectivity index is 1.87. The van der Waals surface area contributed by atoms with Crippen LogP contribution in [0.1, 0.15) is 18.5 Å². The van der Waals surface area contributed by atoms with Gasteiger partial charge >= 0.3 is 0 Å². The fourth-order valence-corrected chi connectivity index (χ4v) is 1.85. The molecule has 0 unspecified atom stereocenters. The summed E-state index contributed by atoms with van der Waals surface area (Å²) in [5, 5.41) is 0. The van der Waals surface area contributed by atoms with Crippen molar-refractivity contribution in [1.82, 2.24) is 9.88 Å². The quantitative estimate of drug-likeness (QED) is 0.769. The molecule has 16 heavy (non-hydrogen) atoms. The molecular formula is C13H16N2O. The van der Waals surface area contributed by atoms with Crippen molar-refractivity contribution < 1.29 is 4.79 Å². The highest BCUT2D eigenvalue weighted by Crippen LogP contribution is 2.17. The zero-order valence-electron chi connectivity index (χ0n) is 9.52. The fourth-order valence-electron chi connectivity index (χ4n) is 1.85. The molecule has 1 aliphatic carbocycles. The van der Waals surface area contributed by atoms with Crippen molar-refractivity contribution in [2.45, 2.75) is 19.3 Å². The molecule has 0 fully saturated rings. The number of carbonyl (C=O) groups is 1. The Bertz CT molecular complexity index is 398. The van der Waals surface area contributed by atoms with Crippen molar-refractivity contribution >= 4 is 5.78 Å². The van der Waals surface area contributed by atoms with Gasteiger partial charge in [-0.3, -0.25) is 9.78 Å². The van der Waals surface area contributed by atoms with Crippen LogP contribution in [0.3, 0.4) is 0 Å². The first-order valence-corrected chi connectivity index (χ1v) is 5.60. The minimum Gasteiger partial charge on any atom is -0.377 e. The van der Waals surface area contributed by atoms with Gasteiger partial charge in [-0.2, -0.15) is 0 Å². The summed E-state index contributed by atoms with van der Waals surface area (Å²) < 4.78 is 0. The number of ketones is 1. The van der Waals surface area contributed by atoms with Gasteiger partial charge in [0.25, 0.3) is 0 Å². The standard InChI is InChI=1S/C13H16N2O/c1-15(12-5-6-13(16)10-12)9-7-11-4-2-3-8-14-11/h2-4,8,10H,5-7,9H2,1H3. The van der Waals surface area contributed by atoms with Crippen LogP contribution in [0, 0.1) is 0 Å². The average Bonchev–Trinajstić information content (AvgIpc) is 2.74. The van der Waals surface area contributed by atoms with Gasteiger partial charge in [-0.05, 0) is 18.6 Å². The Morgan fingerprint density at radius 3 is 2.88 bits per heavy atom. The van der Waals surface area contributed by atoms with E-state index in [1.54, 1.807) is 6.08 Å².